The Bertz CT molecular complexity index is 688. The minimum absolute atomic E-state index is 0.00177. The van der Waals surface area contributed by atoms with Crippen molar-refractivity contribution in [2.24, 2.45) is 0 Å². The summed E-state index contributed by atoms with van der Waals surface area (Å²) in [7, 11) is 0. The highest BCUT2D eigenvalue weighted by atomic mass is 19.1. The van der Waals surface area contributed by atoms with E-state index in [9.17, 15) is 19.1 Å². The van der Waals surface area contributed by atoms with Crippen molar-refractivity contribution in [1.29, 1.82) is 0 Å². The first-order chi connectivity index (χ1) is 9.47. The molecule has 1 amide bonds. The van der Waals surface area contributed by atoms with Crippen molar-refractivity contribution in [3.63, 3.8) is 0 Å². The number of amides is 1. The van der Waals surface area contributed by atoms with E-state index in [0.29, 0.717) is 0 Å². The number of pyridine rings is 1. The third kappa shape index (κ3) is 2.89. The van der Waals surface area contributed by atoms with Crippen LogP contribution in [0, 0.1) is 5.95 Å². The predicted octanol–water partition coefficient (Wildman–Crippen LogP) is 1.88. The number of carbonyl (C=O) groups excluding carboxylic acids is 1. The second-order valence-electron chi connectivity index (χ2n) is 3.86. The topological polar surface area (TPSA) is 99.5 Å². The number of anilines is 1. The molecule has 102 valence electrons. The van der Waals surface area contributed by atoms with Crippen LogP contribution in [0.3, 0.4) is 0 Å². The lowest BCUT2D eigenvalue weighted by atomic mass is 10.1. The average Bonchev–Trinajstić information content (AvgIpc) is 2.40. The number of carboxylic acids is 1. The summed E-state index contributed by atoms with van der Waals surface area (Å²) in [5.74, 6) is -3.05. The summed E-state index contributed by atoms with van der Waals surface area (Å²) in [6.45, 7) is 0. The highest BCUT2D eigenvalue weighted by Gasteiger charge is 2.14. The van der Waals surface area contributed by atoms with Gasteiger partial charge in [-0.1, -0.05) is 0 Å². The lowest BCUT2D eigenvalue weighted by Crippen LogP contribution is -2.15. The summed E-state index contributed by atoms with van der Waals surface area (Å²) in [6, 6.07) is 5.70. The molecular formula is C13H9FN2O4. The van der Waals surface area contributed by atoms with E-state index in [4.69, 9.17) is 5.11 Å². The molecule has 2 rings (SSSR count). The van der Waals surface area contributed by atoms with Gasteiger partial charge >= 0.3 is 5.97 Å². The van der Waals surface area contributed by atoms with Gasteiger partial charge in [0.05, 0.1) is 11.3 Å². The van der Waals surface area contributed by atoms with E-state index in [1.807, 2.05) is 0 Å². The number of nitrogens with one attached hydrogen (secondary N) is 1. The monoisotopic (exact) mass is 276 g/mol. The van der Waals surface area contributed by atoms with Crippen molar-refractivity contribution < 1.29 is 24.2 Å². The van der Waals surface area contributed by atoms with Crippen LogP contribution in [0.1, 0.15) is 20.7 Å². The van der Waals surface area contributed by atoms with Crippen molar-refractivity contribution >= 4 is 17.6 Å². The molecule has 0 saturated heterocycles. The molecule has 6 nitrogen and oxygen atoms in total. The first-order valence-electron chi connectivity index (χ1n) is 5.46. The number of phenols is 1. The van der Waals surface area contributed by atoms with Crippen molar-refractivity contribution in [2.45, 2.75) is 0 Å². The molecule has 3 N–H and O–H groups in total. The number of nitrogens with zero attached hydrogens (tertiary/aromatic N) is 1. The maximum atomic E-state index is 12.9. The number of rotatable bonds is 3. The summed E-state index contributed by atoms with van der Waals surface area (Å²) >= 11 is 0. The van der Waals surface area contributed by atoms with Crippen LogP contribution in [0.15, 0.2) is 36.5 Å². The van der Waals surface area contributed by atoms with Crippen LogP contribution in [0.25, 0.3) is 0 Å². The van der Waals surface area contributed by atoms with Gasteiger partial charge in [-0.05, 0) is 24.3 Å². The molecule has 0 fully saturated rings. The molecule has 2 aromatic rings. The number of aromatic carboxylic acids is 1. The molecule has 0 saturated carbocycles. The second kappa shape index (κ2) is 5.35. The van der Waals surface area contributed by atoms with Gasteiger partial charge in [-0.25, -0.2) is 9.78 Å². The van der Waals surface area contributed by atoms with Crippen molar-refractivity contribution in [2.75, 3.05) is 5.32 Å². The zero-order valence-electron chi connectivity index (χ0n) is 10.0. The Morgan fingerprint density at radius 1 is 1.20 bits per heavy atom. The van der Waals surface area contributed by atoms with Crippen LogP contribution in [0.4, 0.5) is 10.1 Å². The average molecular weight is 276 g/mol. The molecule has 1 heterocycles. The molecular weight excluding hydrogens is 267 g/mol. The van der Waals surface area contributed by atoms with Crippen molar-refractivity contribution in [3.8, 4) is 5.75 Å². The van der Waals surface area contributed by atoms with Gasteiger partial charge in [-0.15, -0.1) is 0 Å². The van der Waals surface area contributed by atoms with Crippen molar-refractivity contribution in [3.05, 3.63) is 53.6 Å². The standard InChI is InChI=1S/C13H9FN2O4/c14-11-5-7(3-4-15-11)12(18)16-10-2-1-8(17)6-9(10)13(19)20/h1-6,17H,(H,16,18)(H,19,20). The quantitative estimate of drug-likeness (QED) is 0.587. The van der Waals surface area contributed by atoms with Crippen LogP contribution < -0.4 is 5.32 Å². The number of benzene rings is 1. The zero-order chi connectivity index (χ0) is 14.7. The maximum absolute atomic E-state index is 12.9. The SMILES string of the molecule is O=C(Nc1ccc(O)cc1C(=O)O)c1ccnc(F)c1. The molecule has 0 aliphatic heterocycles. The Hall–Kier alpha value is -2.96. The summed E-state index contributed by atoms with van der Waals surface area (Å²) < 4.78 is 12.9. The Morgan fingerprint density at radius 2 is 1.95 bits per heavy atom. The highest BCUT2D eigenvalue weighted by Crippen LogP contribution is 2.22. The molecule has 7 heteroatoms. The summed E-state index contributed by atoms with van der Waals surface area (Å²) in [6.07, 6.45) is 1.12. The number of carbonyl (C=O) groups is 2. The Morgan fingerprint density at radius 3 is 2.60 bits per heavy atom. The first-order valence-corrected chi connectivity index (χ1v) is 5.46. The van der Waals surface area contributed by atoms with Gasteiger partial charge in [0.1, 0.15) is 5.75 Å². The predicted molar refractivity (Wildman–Crippen MR) is 67.2 cm³/mol. The van der Waals surface area contributed by atoms with E-state index in [1.165, 1.54) is 18.2 Å². The molecule has 0 spiro atoms. The number of hydrogen-bond acceptors (Lipinski definition) is 4. The second-order valence-corrected chi connectivity index (χ2v) is 3.86. The molecule has 20 heavy (non-hydrogen) atoms. The first kappa shape index (κ1) is 13.5. The maximum Gasteiger partial charge on any atom is 0.337 e. The number of aromatic nitrogens is 1. The smallest absolute Gasteiger partial charge is 0.337 e. The van der Waals surface area contributed by atoms with E-state index >= 15 is 0 Å². The molecule has 1 aromatic carbocycles. The van der Waals surface area contributed by atoms with Gasteiger partial charge in [-0.3, -0.25) is 4.79 Å². The van der Waals surface area contributed by atoms with E-state index < -0.39 is 17.8 Å². The van der Waals surface area contributed by atoms with Gasteiger partial charge in [0, 0.05) is 17.8 Å². The Balaban J connectivity index is 2.30. The van der Waals surface area contributed by atoms with Gasteiger partial charge < -0.3 is 15.5 Å². The lowest BCUT2D eigenvalue weighted by Gasteiger charge is -2.08. The fraction of sp³-hybridized carbons (Fsp3) is 0. The minimum Gasteiger partial charge on any atom is -0.508 e. The molecule has 0 bridgehead atoms. The molecule has 1 aromatic heterocycles. The molecule has 0 aliphatic rings. The largest absolute Gasteiger partial charge is 0.508 e. The van der Waals surface area contributed by atoms with Crippen LogP contribution in [-0.2, 0) is 0 Å². The lowest BCUT2D eigenvalue weighted by molar-refractivity contribution is 0.0697. The number of halogens is 1. The van der Waals surface area contributed by atoms with Crippen LogP contribution in [-0.4, -0.2) is 27.1 Å². The van der Waals surface area contributed by atoms with E-state index in [2.05, 4.69) is 10.3 Å². The number of aromatic hydroxyl groups is 1. The fourth-order valence-electron chi connectivity index (χ4n) is 1.56. The number of carboxylic acid groups (broad SMARTS) is 1. The van der Waals surface area contributed by atoms with Gasteiger partial charge in [-0.2, -0.15) is 4.39 Å². The van der Waals surface area contributed by atoms with Gasteiger partial charge in [0.25, 0.3) is 5.91 Å². The summed E-state index contributed by atoms with van der Waals surface area (Å²) in [5, 5.41) is 20.6. The van der Waals surface area contributed by atoms with E-state index in [-0.39, 0.29) is 22.6 Å². The van der Waals surface area contributed by atoms with Crippen LogP contribution in [0.2, 0.25) is 0 Å². The molecule has 0 aliphatic carbocycles. The van der Waals surface area contributed by atoms with E-state index in [1.54, 1.807) is 0 Å². The van der Waals surface area contributed by atoms with Crippen LogP contribution in [0.5, 0.6) is 5.75 Å². The zero-order valence-corrected chi connectivity index (χ0v) is 10.0. The third-order valence-corrected chi connectivity index (χ3v) is 2.47. The Kier molecular flexibility index (Phi) is 3.60. The van der Waals surface area contributed by atoms with Gasteiger partial charge in [0.15, 0.2) is 0 Å². The number of phenolic OH excluding ortho intramolecular Hbond substituents is 1. The molecule has 0 unspecified atom stereocenters. The molecule has 0 radical (unpaired) electrons. The highest BCUT2D eigenvalue weighted by molar-refractivity contribution is 6.07. The normalized spacial score (nSPS) is 10.1. The van der Waals surface area contributed by atoms with Crippen LogP contribution >= 0.6 is 0 Å². The Labute approximate surface area is 112 Å². The summed E-state index contributed by atoms with van der Waals surface area (Å²) in [5.41, 5.74) is -0.271. The van der Waals surface area contributed by atoms with Gasteiger partial charge in [0.2, 0.25) is 5.95 Å². The minimum atomic E-state index is -1.31. The third-order valence-electron chi connectivity index (χ3n) is 2.47. The van der Waals surface area contributed by atoms with Crippen molar-refractivity contribution in [1.82, 2.24) is 4.98 Å². The number of hydrogen-bond donors (Lipinski definition) is 3. The fourth-order valence-corrected chi connectivity index (χ4v) is 1.56. The molecule has 0 atom stereocenters. The van der Waals surface area contributed by atoms with E-state index in [0.717, 1.165) is 18.3 Å². The summed E-state index contributed by atoms with van der Waals surface area (Å²) in [4.78, 5) is 26.2.